The Morgan fingerprint density at radius 2 is 2.00 bits per heavy atom. The molecule has 112 valence electrons. The number of aromatic nitrogens is 2. The second-order valence-corrected chi connectivity index (χ2v) is 5.94. The minimum Gasteiger partial charge on any atom is -0.340 e. The standard InChI is InChI=1S/C15H19ClN4O/c1-11(21)20-7-5-19(6-8-20)10-15-17-13-9-12(16)3-4-14(13)18(15)2/h3-4,9H,5-8,10H2,1-2H3. The number of aryl methyl sites for hydroxylation is 1. The maximum absolute atomic E-state index is 11.3. The molecule has 3 rings (SSSR count). The highest BCUT2D eigenvalue weighted by atomic mass is 35.5. The fourth-order valence-corrected chi connectivity index (χ4v) is 2.95. The van der Waals surface area contributed by atoms with E-state index >= 15 is 0 Å². The molecule has 0 saturated carbocycles. The van der Waals surface area contributed by atoms with Crippen LogP contribution in [0.1, 0.15) is 12.7 Å². The SMILES string of the molecule is CC(=O)N1CCN(Cc2nc3cc(Cl)ccc3n2C)CC1. The van der Waals surface area contributed by atoms with E-state index in [4.69, 9.17) is 11.6 Å². The van der Waals surface area contributed by atoms with E-state index in [-0.39, 0.29) is 5.91 Å². The number of hydrogen-bond donors (Lipinski definition) is 0. The molecule has 1 aliphatic rings. The lowest BCUT2D eigenvalue weighted by Gasteiger charge is -2.33. The molecule has 1 amide bonds. The maximum Gasteiger partial charge on any atom is 0.219 e. The van der Waals surface area contributed by atoms with Gasteiger partial charge in [-0.15, -0.1) is 0 Å². The van der Waals surface area contributed by atoms with E-state index in [1.165, 1.54) is 0 Å². The highest BCUT2D eigenvalue weighted by molar-refractivity contribution is 6.31. The number of fused-ring (bicyclic) bond motifs is 1. The second-order valence-electron chi connectivity index (χ2n) is 5.50. The molecule has 0 bridgehead atoms. The summed E-state index contributed by atoms with van der Waals surface area (Å²) in [6.07, 6.45) is 0. The molecule has 6 heteroatoms. The smallest absolute Gasteiger partial charge is 0.219 e. The lowest BCUT2D eigenvalue weighted by molar-refractivity contribution is -0.130. The summed E-state index contributed by atoms with van der Waals surface area (Å²) >= 11 is 6.02. The number of piperazine rings is 1. The van der Waals surface area contributed by atoms with Crippen LogP contribution in [0.4, 0.5) is 0 Å². The fraction of sp³-hybridized carbons (Fsp3) is 0.467. The van der Waals surface area contributed by atoms with Gasteiger partial charge in [-0.1, -0.05) is 11.6 Å². The van der Waals surface area contributed by atoms with Crippen LogP contribution in [0.5, 0.6) is 0 Å². The largest absolute Gasteiger partial charge is 0.340 e. The van der Waals surface area contributed by atoms with Gasteiger partial charge < -0.3 is 9.47 Å². The van der Waals surface area contributed by atoms with E-state index in [9.17, 15) is 4.79 Å². The first-order chi connectivity index (χ1) is 10.0. The monoisotopic (exact) mass is 306 g/mol. The molecule has 2 heterocycles. The number of carbonyl (C=O) groups is 1. The number of carbonyl (C=O) groups excluding carboxylic acids is 1. The Kier molecular flexibility index (Phi) is 3.87. The van der Waals surface area contributed by atoms with Gasteiger partial charge in [0.05, 0.1) is 17.6 Å². The van der Waals surface area contributed by atoms with Crippen molar-refractivity contribution < 1.29 is 4.79 Å². The minimum absolute atomic E-state index is 0.159. The number of amides is 1. The molecule has 0 unspecified atom stereocenters. The third-order valence-electron chi connectivity index (χ3n) is 4.12. The Hall–Kier alpha value is -1.59. The van der Waals surface area contributed by atoms with Gasteiger partial charge in [-0.25, -0.2) is 4.98 Å². The number of hydrogen-bond acceptors (Lipinski definition) is 3. The summed E-state index contributed by atoms with van der Waals surface area (Å²) in [6.45, 7) is 5.81. The maximum atomic E-state index is 11.3. The van der Waals surface area contributed by atoms with Crippen molar-refractivity contribution >= 4 is 28.5 Å². The molecule has 1 fully saturated rings. The number of imidazole rings is 1. The molecule has 1 aliphatic heterocycles. The van der Waals surface area contributed by atoms with Gasteiger partial charge in [0, 0.05) is 45.2 Å². The highest BCUT2D eigenvalue weighted by Gasteiger charge is 2.20. The number of rotatable bonds is 2. The Bertz CT molecular complexity index is 674. The predicted octanol–water partition coefficient (Wildman–Crippen LogP) is 1.89. The molecule has 1 aromatic carbocycles. The van der Waals surface area contributed by atoms with Gasteiger partial charge in [0.15, 0.2) is 0 Å². The third-order valence-corrected chi connectivity index (χ3v) is 4.35. The number of benzene rings is 1. The first-order valence-corrected chi connectivity index (χ1v) is 7.51. The van der Waals surface area contributed by atoms with Gasteiger partial charge in [-0.05, 0) is 18.2 Å². The van der Waals surface area contributed by atoms with Crippen LogP contribution in [0, 0.1) is 0 Å². The van der Waals surface area contributed by atoms with Crippen LogP contribution in [0.3, 0.4) is 0 Å². The molecule has 0 N–H and O–H groups in total. The van der Waals surface area contributed by atoms with Crippen molar-refractivity contribution in [3.8, 4) is 0 Å². The molecule has 0 atom stereocenters. The van der Waals surface area contributed by atoms with Crippen LogP contribution >= 0.6 is 11.6 Å². The van der Waals surface area contributed by atoms with Crippen molar-refractivity contribution in [2.45, 2.75) is 13.5 Å². The molecule has 0 aliphatic carbocycles. The molecule has 0 spiro atoms. The van der Waals surface area contributed by atoms with Crippen molar-refractivity contribution in [3.05, 3.63) is 29.0 Å². The van der Waals surface area contributed by atoms with Crippen molar-refractivity contribution in [1.82, 2.24) is 19.4 Å². The third kappa shape index (κ3) is 2.89. The molecule has 1 saturated heterocycles. The Labute approximate surface area is 129 Å². The topological polar surface area (TPSA) is 41.4 Å². The number of nitrogens with zero attached hydrogens (tertiary/aromatic N) is 4. The molecule has 0 radical (unpaired) electrons. The fourth-order valence-electron chi connectivity index (χ4n) is 2.79. The van der Waals surface area contributed by atoms with Gasteiger partial charge in [0.2, 0.25) is 5.91 Å². The van der Waals surface area contributed by atoms with Crippen molar-refractivity contribution in [1.29, 1.82) is 0 Å². The van der Waals surface area contributed by atoms with Crippen molar-refractivity contribution in [2.24, 2.45) is 7.05 Å². The first kappa shape index (κ1) is 14.4. The quantitative estimate of drug-likeness (QED) is 0.851. The first-order valence-electron chi connectivity index (χ1n) is 7.13. The van der Waals surface area contributed by atoms with Gasteiger partial charge in [0.25, 0.3) is 0 Å². The lowest BCUT2D eigenvalue weighted by Crippen LogP contribution is -2.47. The van der Waals surface area contributed by atoms with Crippen LogP contribution in [0.25, 0.3) is 11.0 Å². The van der Waals surface area contributed by atoms with E-state index in [1.54, 1.807) is 6.92 Å². The van der Waals surface area contributed by atoms with E-state index in [0.29, 0.717) is 5.02 Å². The highest BCUT2D eigenvalue weighted by Crippen LogP contribution is 2.20. The minimum atomic E-state index is 0.159. The van der Waals surface area contributed by atoms with Crippen molar-refractivity contribution in [2.75, 3.05) is 26.2 Å². The Balaban J connectivity index is 1.74. The molecular formula is C15H19ClN4O. The van der Waals surface area contributed by atoms with Crippen LogP contribution in [-0.2, 0) is 18.4 Å². The van der Waals surface area contributed by atoms with Gasteiger partial charge in [-0.3, -0.25) is 9.69 Å². The normalized spacial score (nSPS) is 16.6. The zero-order valence-corrected chi connectivity index (χ0v) is 13.1. The molecular weight excluding hydrogens is 288 g/mol. The summed E-state index contributed by atoms with van der Waals surface area (Å²) in [6, 6.07) is 5.79. The summed E-state index contributed by atoms with van der Waals surface area (Å²) in [5.41, 5.74) is 2.03. The Morgan fingerprint density at radius 3 is 2.67 bits per heavy atom. The van der Waals surface area contributed by atoms with Gasteiger partial charge >= 0.3 is 0 Å². The zero-order valence-electron chi connectivity index (χ0n) is 12.3. The summed E-state index contributed by atoms with van der Waals surface area (Å²) < 4.78 is 2.11. The van der Waals surface area contributed by atoms with E-state index in [1.807, 2.05) is 30.1 Å². The van der Waals surface area contributed by atoms with Gasteiger partial charge in [0.1, 0.15) is 5.82 Å². The summed E-state index contributed by atoms with van der Waals surface area (Å²) in [4.78, 5) is 20.3. The van der Waals surface area contributed by atoms with E-state index < -0.39 is 0 Å². The average Bonchev–Trinajstić information content (AvgIpc) is 2.75. The Morgan fingerprint density at radius 1 is 1.29 bits per heavy atom. The summed E-state index contributed by atoms with van der Waals surface area (Å²) in [7, 11) is 2.03. The van der Waals surface area contributed by atoms with E-state index in [0.717, 1.165) is 49.6 Å². The molecule has 2 aromatic rings. The second kappa shape index (κ2) is 5.66. The predicted molar refractivity (Wildman–Crippen MR) is 83.3 cm³/mol. The van der Waals surface area contributed by atoms with Crippen LogP contribution in [0.2, 0.25) is 5.02 Å². The van der Waals surface area contributed by atoms with Crippen LogP contribution in [0.15, 0.2) is 18.2 Å². The zero-order chi connectivity index (χ0) is 15.0. The lowest BCUT2D eigenvalue weighted by atomic mass is 10.3. The van der Waals surface area contributed by atoms with Gasteiger partial charge in [-0.2, -0.15) is 0 Å². The summed E-state index contributed by atoms with van der Waals surface area (Å²) in [5, 5.41) is 0.710. The van der Waals surface area contributed by atoms with E-state index in [2.05, 4.69) is 14.5 Å². The van der Waals surface area contributed by atoms with Crippen molar-refractivity contribution in [3.63, 3.8) is 0 Å². The van der Waals surface area contributed by atoms with Crippen LogP contribution in [-0.4, -0.2) is 51.4 Å². The number of halogens is 1. The molecule has 5 nitrogen and oxygen atoms in total. The van der Waals surface area contributed by atoms with Crippen LogP contribution < -0.4 is 0 Å². The summed E-state index contributed by atoms with van der Waals surface area (Å²) in [5.74, 6) is 1.19. The molecule has 1 aromatic heterocycles. The molecule has 21 heavy (non-hydrogen) atoms. The average molecular weight is 307 g/mol.